The fourth-order valence-electron chi connectivity index (χ4n) is 2.38. The van der Waals surface area contributed by atoms with Crippen LogP contribution in [-0.2, 0) is 12.8 Å². The van der Waals surface area contributed by atoms with Gasteiger partial charge in [-0.05, 0) is 48.9 Å². The Morgan fingerprint density at radius 3 is 2.00 bits per heavy atom. The molecule has 0 amide bonds. The molecule has 0 unspecified atom stereocenters. The van der Waals surface area contributed by atoms with Crippen molar-refractivity contribution in [2.24, 2.45) is 5.73 Å². The van der Waals surface area contributed by atoms with E-state index in [-0.39, 0.29) is 12.3 Å². The lowest BCUT2D eigenvalue weighted by Gasteiger charge is -2.15. The molecule has 0 atom stereocenters. The highest BCUT2D eigenvalue weighted by Gasteiger charge is 2.17. The molecule has 1 rings (SSSR count). The number of Topliss-reactive ketones (excluding diaryl/α,β-unsaturated/α-hetero) is 1. The van der Waals surface area contributed by atoms with E-state index >= 15 is 0 Å². The number of hydrogen-bond donors (Lipinski definition) is 2. The first kappa shape index (κ1) is 16.7. The van der Waals surface area contributed by atoms with E-state index in [9.17, 15) is 4.79 Å². The average molecular weight is 279 g/mol. The molecule has 0 heterocycles. The van der Waals surface area contributed by atoms with Crippen LogP contribution in [0.3, 0.4) is 0 Å². The van der Waals surface area contributed by atoms with Gasteiger partial charge in [-0.2, -0.15) is 0 Å². The van der Waals surface area contributed by atoms with Gasteiger partial charge in [0.25, 0.3) is 0 Å². The lowest BCUT2D eigenvalue weighted by molar-refractivity contribution is -0.137. The standard InChI is InChI=1S/C16H25NO3/c1-3-5-7-12-9-14(20-19)10-13(8-6-4-2)16(12)15(18)11-17/h9-10,19H,3-8,11,17H2,1-2H3. The SMILES string of the molecule is CCCCc1cc(OO)cc(CCCC)c1C(=O)CN. The summed E-state index contributed by atoms with van der Waals surface area (Å²) in [7, 11) is 0. The minimum atomic E-state index is -0.0355. The van der Waals surface area contributed by atoms with Crippen LogP contribution in [0.5, 0.6) is 5.75 Å². The van der Waals surface area contributed by atoms with E-state index in [2.05, 4.69) is 18.7 Å². The molecule has 0 radical (unpaired) electrons. The third-order valence-corrected chi connectivity index (χ3v) is 3.44. The van der Waals surface area contributed by atoms with Crippen LogP contribution in [0.15, 0.2) is 12.1 Å². The highest BCUT2D eigenvalue weighted by Crippen LogP contribution is 2.26. The molecule has 112 valence electrons. The monoisotopic (exact) mass is 279 g/mol. The molecule has 20 heavy (non-hydrogen) atoms. The number of aryl methyl sites for hydroxylation is 2. The quantitative estimate of drug-likeness (QED) is 0.413. The second-order valence-electron chi connectivity index (χ2n) is 5.04. The first-order valence-corrected chi connectivity index (χ1v) is 7.38. The van der Waals surface area contributed by atoms with Crippen LogP contribution in [0.1, 0.15) is 61.0 Å². The number of carbonyl (C=O) groups excluding carboxylic acids is 1. The van der Waals surface area contributed by atoms with Crippen molar-refractivity contribution in [3.63, 3.8) is 0 Å². The van der Waals surface area contributed by atoms with E-state index in [0.717, 1.165) is 55.2 Å². The van der Waals surface area contributed by atoms with Crippen LogP contribution in [0.25, 0.3) is 0 Å². The Labute approximate surface area is 120 Å². The Balaban J connectivity index is 3.24. The number of benzene rings is 1. The average Bonchev–Trinajstić information content (AvgIpc) is 2.49. The topological polar surface area (TPSA) is 72.5 Å². The summed E-state index contributed by atoms with van der Waals surface area (Å²) in [5.74, 6) is 0.363. The van der Waals surface area contributed by atoms with Gasteiger partial charge in [0.2, 0.25) is 0 Å². The molecule has 0 bridgehead atoms. The minimum Gasteiger partial charge on any atom is -0.340 e. The fraction of sp³-hybridized carbons (Fsp3) is 0.562. The van der Waals surface area contributed by atoms with E-state index in [0.29, 0.717) is 5.75 Å². The first-order valence-electron chi connectivity index (χ1n) is 7.38. The van der Waals surface area contributed by atoms with Crippen LogP contribution in [-0.4, -0.2) is 17.6 Å². The van der Waals surface area contributed by atoms with Crippen molar-refractivity contribution in [3.8, 4) is 5.75 Å². The van der Waals surface area contributed by atoms with Gasteiger partial charge >= 0.3 is 0 Å². The number of carbonyl (C=O) groups is 1. The summed E-state index contributed by atoms with van der Waals surface area (Å²) in [5.41, 5.74) is 8.13. The van der Waals surface area contributed by atoms with Crippen LogP contribution in [0.2, 0.25) is 0 Å². The van der Waals surface area contributed by atoms with Crippen molar-refractivity contribution in [2.45, 2.75) is 52.4 Å². The van der Waals surface area contributed by atoms with Crippen molar-refractivity contribution >= 4 is 5.78 Å². The highest BCUT2D eigenvalue weighted by atomic mass is 17.1. The first-order chi connectivity index (χ1) is 9.67. The van der Waals surface area contributed by atoms with Crippen LogP contribution in [0, 0.1) is 0 Å². The summed E-state index contributed by atoms with van der Waals surface area (Å²) in [6.45, 7) is 4.22. The Morgan fingerprint density at radius 2 is 1.65 bits per heavy atom. The number of hydrogen-bond acceptors (Lipinski definition) is 4. The van der Waals surface area contributed by atoms with Crippen molar-refractivity contribution in [1.82, 2.24) is 0 Å². The van der Waals surface area contributed by atoms with E-state index in [4.69, 9.17) is 11.0 Å². The molecule has 4 heteroatoms. The molecule has 1 aromatic rings. The van der Waals surface area contributed by atoms with E-state index in [1.54, 1.807) is 12.1 Å². The van der Waals surface area contributed by atoms with Crippen LogP contribution >= 0.6 is 0 Å². The molecule has 0 aliphatic rings. The molecule has 0 aliphatic heterocycles. The Kier molecular flexibility index (Phi) is 7.26. The zero-order chi connectivity index (χ0) is 15.0. The second-order valence-corrected chi connectivity index (χ2v) is 5.04. The van der Waals surface area contributed by atoms with Gasteiger partial charge in [-0.15, -0.1) is 0 Å². The van der Waals surface area contributed by atoms with Gasteiger partial charge in [0.15, 0.2) is 11.5 Å². The van der Waals surface area contributed by atoms with Crippen molar-refractivity contribution in [2.75, 3.05) is 6.54 Å². The van der Waals surface area contributed by atoms with Gasteiger partial charge in [0.05, 0.1) is 6.54 Å². The molecular weight excluding hydrogens is 254 g/mol. The van der Waals surface area contributed by atoms with Gasteiger partial charge in [-0.25, -0.2) is 5.26 Å². The van der Waals surface area contributed by atoms with Crippen LogP contribution in [0.4, 0.5) is 0 Å². The smallest absolute Gasteiger partial charge is 0.176 e. The molecule has 0 saturated heterocycles. The molecule has 0 saturated carbocycles. The molecule has 0 aliphatic carbocycles. The summed E-state index contributed by atoms with van der Waals surface area (Å²) in [6, 6.07) is 3.49. The van der Waals surface area contributed by atoms with Crippen molar-refractivity contribution in [1.29, 1.82) is 0 Å². The zero-order valence-corrected chi connectivity index (χ0v) is 12.4. The van der Waals surface area contributed by atoms with Crippen LogP contribution < -0.4 is 10.6 Å². The largest absolute Gasteiger partial charge is 0.340 e. The number of nitrogens with two attached hydrogens (primary N) is 1. The zero-order valence-electron chi connectivity index (χ0n) is 12.4. The van der Waals surface area contributed by atoms with E-state index in [1.165, 1.54) is 0 Å². The van der Waals surface area contributed by atoms with Gasteiger partial charge in [0, 0.05) is 5.56 Å². The lowest BCUT2D eigenvalue weighted by atomic mass is 9.91. The van der Waals surface area contributed by atoms with E-state index < -0.39 is 0 Å². The summed E-state index contributed by atoms with van der Waals surface area (Å²) < 4.78 is 0. The Hall–Kier alpha value is -1.39. The summed E-state index contributed by atoms with van der Waals surface area (Å²) in [6.07, 6.45) is 5.68. The maximum absolute atomic E-state index is 12.2. The predicted octanol–water partition coefficient (Wildman–Crippen LogP) is 3.37. The Bertz CT molecular complexity index is 414. The molecule has 0 fully saturated rings. The molecular formula is C16H25NO3. The predicted molar refractivity (Wildman–Crippen MR) is 80.3 cm³/mol. The summed E-state index contributed by atoms with van der Waals surface area (Å²) in [4.78, 5) is 16.5. The molecule has 0 spiro atoms. The fourth-order valence-corrected chi connectivity index (χ4v) is 2.38. The molecule has 0 aromatic heterocycles. The van der Waals surface area contributed by atoms with Gasteiger partial charge in [-0.3, -0.25) is 4.79 Å². The third-order valence-electron chi connectivity index (χ3n) is 3.44. The van der Waals surface area contributed by atoms with Gasteiger partial charge < -0.3 is 10.6 Å². The maximum atomic E-state index is 12.2. The normalized spacial score (nSPS) is 10.6. The second kappa shape index (κ2) is 8.72. The lowest BCUT2D eigenvalue weighted by Crippen LogP contribution is -2.18. The molecule has 3 N–H and O–H groups in total. The van der Waals surface area contributed by atoms with Crippen molar-refractivity contribution in [3.05, 3.63) is 28.8 Å². The third kappa shape index (κ3) is 4.32. The van der Waals surface area contributed by atoms with Gasteiger partial charge in [0.1, 0.15) is 0 Å². The van der Waals surface area contributed by atoms with Crippen molar-refractivity contribution < 1.29 is 14.9 Å². The number of ketones is 1. The maximum Gasteiger partial charge on any atom is 0.176 e. The summed E-state index contributed by atoms with van der Waals surface area (Å²) in [5, 5.41) is 8.91. The minimum absolute atomic E-state index is 0.0115. The van der Waals surface area contributed by atoms with E-state index in [1.807, 2.05) is 0 Å². The number of rotatable bonds is 9. The summed E-state index contributed by atoms with van der Waals surface area (Å²) >= 11 is 0. The highest BCUT2D eigenvalue weighted by molar-refractivity contribution is 6.00. The van der Waals surface area contributed by atoms with Gasteiger partial charge in [-0.1, -0.05) is 26.7 Å². The molecule has 4 nitrogen and oxygen atoms in total. The molecule has 1 aromatic carbocycles. The number of unbranched alkanes of at least 4 members (excludes halogenated alkanes) is 2. The Morgan fingerprint density at radius 1 is 1.15 bits per heavy atom.